The zero-order chi connectivity index (χ0) is 12.4. The molecule has 1 aliphatic heterocycles. The molecule has 1 aliphatic rings. The monoisotopic (exact) mass is 231 g/mol. The molecule has 1 heterocycles. The van der Waals surface area contributed by atoms with Crippen LogP contribution in [-0.2, 0) is 4.79 Å². The summed E-state index contributed by atoms with van der Waals surface area (Å²) in [6.07, 6.45) is 0. The zero-order valence-corrected chi connectivity index (χ0v) is 10.3. The van der Waals surface area contributed by atoms with Gasteiger partial charge in [0.2, 0.25) is 5.96 Å². The van der Waals surface area contributed by atoms with Gasteiger partial charge < -0.3 is 5.32 Å². The number of guanidine groups is 1. The molecule has 0 bridgehead atoms. The lowest BCUT2D eigenvalue weighted by Crippen LogP contribution is -2.44. The summed E-state index contributed by atoms with van der Waals surface area (Å²) in [6.45, 7) is 5.87. The maximum absolute atomic E-state index is 12.1. The molecule has 1 N–H and O–H groups in total. The van der Waals surface area contributed by atoms with Gasteiger partial charge in [-0.2, -0.15) is 0 Å². The van der Waals surface area contributed by atoms with Crippen molar-refractivity contribution < 1.29 is 4.79 Å². The van der Waals surface area contributed by atoms with Crippen molar-refractivity contribution in [2.45, 2.75) is 32.9 Å². The molecule has 1 atom stereocenters. The minimum Gasteiger partial charge on any atom is -0.353 e. The molecule has 0 aliphatic carbocycles. The fraction of sp³-hybridized carbons (Fsp3) is 0.385. The first-order valence-corrected chi connectivity index (χ1v) is 5.83. The van der Waals surface area contributed by atoms with Crippen LogP contribution in [0.5, 0.6) is 0 Å². The highest BCUT2D eigenvalue weighted by Crippen LogP contribution is 2.20. The van der Waals surface area contributed by atoms with Crippen LogP contribution in [-0.4, -0.2) is 24.0 Å². The minimum atomic E-state index is -0.309. The number of carbonyl (C=O) groups is 1. The van der Waals surface area contributed by atoms with Crippen LogP contribution >= 0.6 is 0 Å². The van der Waals surface area contributed by atoms with E-state index >= 15 is 0 Å². The van der Waals surface area contributed by atoms with Gasteiger partial charge in [0.05, 0.1) is 5.69 Å². The van der Waals surface area contributed by atoms with Crippen LogP contribution in [0.4, 0.5) is 5.69 Å². The maximum Gasteiger partial charge on any atom is 0.258 e. The zero-order valence-electron chi connectivity index (χ0n) is 10.3. The Morgan fingerprint density at radius 3 is 2.53 bits per heavy atom. The van der Waals surface area contributed by atoms with Crippen molar-refractivity contribution in [1.82, 2.24) is 5.32 Å². The number of aliphatic imine (C=N–C) groups is 1. The Labute approximate surface area is 101 Å². The van der Waals surface area contributed by atoms with E-state index in [0.717, 1.165) is 5.69 Å². The average Bonchev–Trinajstić information content (AvgIpc) is 2.55. The highest BCUT2D eigenvalue weighted by molar-refractivity contribution is 6.21. The number of hydrogen-bond donors (Lipinski definition) is 1. The predicted molar refractivity (Wildman–Crippen MR) is 69.1 cm³/mol. The normalized spacial score (nSPS) is 19.8. The van der Waals surface area contributed by atoms with E-state index in [4.69, 9.17) is 0 Å². The second-order valence-electron chi connectivity index (χ2n) is 4.44. The van der Waals surface area contributed by atoms with Crippen molar-refractivity contribution in [3.63, 3.8) is 0 Å². The molecular formula is C13H17N3O. The minimum absolute atomic E-state index is 0.0133. The second kappa shape index (κ2) is 4.57. The van der Waals surface area contributed by atoms with Crippen LogP contribution in [0, 0.1) is 0 Å². The first-order chi connectivity index (χ1) is 8.09. The Kier molecular flexibility index (Phi) is 3.13. The van der Waals surface area contributed by atoms with Crippen LogP contribution in [0.1, 0.15) is 20.8 Å². The summed E-state index contributed by atoms with van der Waals surface area (Å²) >= 11 is 0. The number of nitrogens with zero attached hydrogens (tertiary/aromatic N) is 2. The number of anilines is 1. The van der Waals surface area contributed by atoms with Crippen molar-refractivity contribution in [2.24, 2.45) is 4.99 Å². The lowest BCUT2D eigenvalue weighted by molar-refractivity contribution is -0.117. The van der Waals surface area contributed by atoms with E-state index in [1.165, 1.54) is 0 Å². The molecule has 90 valence electrons. The van der Waals surface area contributed by atoms with E-state index in [-0.39, 0.29) is 18.0 Å². The molecule has 1 aromatic rings. The van der Waals surface area contributed by atoms with Crippen molar-refractivity contribution >= 4 is 17.6 Å². The molecule has 4 nitrogen and oxygen atoms in total. The van der Waals surface area contributed by atoms with Gasteiger partial charge >= 0.3 is 0 Å². The molecule has 0 fully saturated rings. The molecule has 0 spiro atoms. The van der Waals surface area contributed by atoms with Crippen LogP contribution in [0.15, 0.2) is 35.3 Å². The Balaban J connectivity index is 2.31. The van der Waals surface area contributed by atoms with Crippen molar-refractivity contribution in [3.05, 3.63) is 30.3 Å². The number of amides is 1. The lowest BCUT2D eigenvalue weighted by Gasteiger charge is -2.21. The van der Waals surface area contributed by atoms with E-state index < -0.39 is 0 Å². The average molecular weight is 231 g/mol. The third-order valence-electron chi connectivity index (χ3n) is 2.54. The highest BCUT2D eigenvalue weighted by atomic mass is 16.2. The summed E-state index contributed by atoms with van der Waals surface area (Å²) < 4.78 is 0. The fourth-order valence-corrected chi connectivity index (χ4v) is 1.77. The first-order valence-electron chi connectivity index (χ1n) is 5.83. The van der Waals surface area contributed by atoms with E-state index in [2.05, 4.69) is 10.3 Å². The molecule has 2 rings (SSSR count). The second-order valence-corrected chi connectivity index (χ2v) is 4.44. The summed E-state index contributed by atoms with van der Waals surface area (Å²) in [5.41, 5.74) is 0.855. The first kappa shape index (κ1) is 11.6. The fourth-order valence-electron chi connectivity index (χ4n) is 1.77. The van der Waals surface area contributed by atoms with Gasteiger partial charge in [0.1, 0.15) is 6.04 Å². The van der Waals surface area contributed by atoms with Gasteiger partial charge in [-0.15, -0.1) is 0 Å². The summed E-state index contributed by atoms with van der Waals surface area (Å²) in [5, 5.41) is 3.21. The number of benzene rings is 1. The maximum atomic E-state index is 12.1. The molecule has 0 aromatic heterocycles. The van der Waals surface area contributed by atoms with E-state index in [0.29, 0.717) is 5.96 Å². The Bertz CT molecular complexity index is 439. The SMILES string of the molecule is CC(C)NC1=NC(C)C(=O)N1c1ccccc1. The van der Waals surface area contributed by atoms with Crippen LogP contribution in [0.3, 0.4) is 0 Å². The van der Waals surface area contributed by atoms with E-state index in [1.807, 2.05) is 51.1 Å². The summed E-state index contributed by atoms with van der Waals surface area (Å²) in [5.74, 6) is 0.656. The van der Waals surface area contributed by atoms with Gasteiger partial charge in [-0.3, -0.25) is 4.79 Å². The third kappa shape index (κ3) is 2.30. The van der Waals surface area contributed by atoms with Crippen LogP contribution in [0.2, 0.25) is 0 Å². The molecule has 17 heavy (non-hydrogen) atoms. The molecule has 1 aromatic carbocycles. The predicted octanol–water partition coefficient (Wildman–Crippen LogP) is 1.78. The summed E-state index contributed by atoms with van der Waals surface area (Å²) in [4.78, 5) is 18.1. The van der Waals surface area contributed by atoms with Gasteiger partial charge in [0, 0.05) is 6.04 Å². The molecule has 0 saturated heterocycles. The van der Waals surface area contributed by atoms with E-state index in [1.54, 1.807) is 4.90 Å². The molecule has 1 unspecified atom stereocenters. The highest BCUT2D eigenvalue weighted by Gasteiger charge is 2.32. The molecule has 4 heteroatoms. The number of hydrogen-bond acceptors (Lipinski definition) is 3. The lowest BCUT2D eigenvalue weighted by atomic mass is 10.2. The largest absolute Gasteiger partial charge is 0.353 e. The van der Waals surface area contributed by atoms with Crippen molar-refractivity contribution in [1.29, 1.82) is 0 Å². The van der Waals surface area contributed by atoms with Crippen molar-refractivity contribution in [3.8, 4) is 0 Å². The van der Waals surface area contributed by atoms with Crippen LogP contribution in [0.25, 0.3) is 0 Å². The summed E-state index contributed by atoms with van der Waals surface area (Å²) in [7, 11) is 0. The summed E-state index contributed by atoms with van der Waals surface area (Å²) in [6, 6.07) is 9.52. The Hall–Kier alpha value is -1.84. The molecule has 0 saturated carbocycles. The van der Waals surface area contributed by atoms with Gasteiger partial charge in [-0.25, -0.2) is 9.89 Å². The Morgan fingerprint density at radius 2 is 1.94 bits per heavy atom. The van der Waals surface area contributed by atoms with E-state index in [9.17, 15) is 4.79 Å². The molecule has 1 amide bonds. The van der Waals surface area contributed by atoms with Gasteiger partial charge in [-0.05, 0) is 32.9 Å². The molecule has 0 radical (unpaired) electrons. The van der Waals surface area contributed by atoms with Gasteiger partial charge in [0.15, 0.2) is 0 Å². The smallest absolute Gasteiger partial charge is 0.258 e. The van der Waals surface area contributed by atoms with Crippen LogP contribution < -0.4 is 10.2 Å². The van der Waals surface area contributed by atoms with Gasteiger partial charge in [0.25, 0.3) is 5.91 Å². The van der Waals surface area contributed by atoms with Gasteiger partial charge in [-0.1, -0.05) is 18.2 Å². The number of para-hydroxylation sites is 1. The number of nitrogens with one attached hydrogen (secondary N) is 1. The molecular weight excluding hydrogens is 214 g/mol. The quantitative estimate of drug-likeness (QED) is 0.843. The standard InChI is InChI=1S/C13H17N3O/c1-9(2)14-13-15-10(3)12(17)16(13)11-7-5-4-6-8-11/h4-10H,1-3H3,(H,14,15). The number of carbonyl (C=O) groups excluding carboxylic acids is 1. The number of rotatable bonds is 2. The van der Waals surface area contributed by atoms with Crippen molar-refractivity contribution in [2.75, 3.05) is 4.90 Å². The topological polar surface area (TPSA) is 44.7 Å². The third-order valence-corrected chi connectivity index (χ3v) is 2.54. The Morgan fingerprint density at radius 1 is 1.29 bits per heavy atom.